The van der Waals surface area contributed by atoms with Crippen LogP contribution in [0.5, 0.6) is 0 Å². The summed E-state index contributed by atoms with van der Waals surface area (Å²) in [6, 6.07) is 0. The van der Waals surface area contributed by atoms with Gasteiger partial charge in [-0.05, 0) is 45.2 Å². The van der Waals surface area contributed by atoms with Crippen LogP contribution in [-0.2, 0) is 0 Å². The summed E-state index contributed by atoms with van der Waals surface area (Å²) in [5.74, 6) is 0. The molecule has 2 rings (SSSR count). The van der Waals surface area contributed by atoms with Crippen LogP contribution >= 0.6 is 24.8 Å². The molecule has 0 aliphatic carbocycles. The Hall–Kier alpha value is 0.200. The fourth-order valence-corrected chi connectivity index (χ4v) is 2.27. The van der Waals surface area contributed by atoms with E-state index in [0.29, 0.717) is 0 Å². The number of likely N-dealkylation sites (tertiary alicyclic amines) is 1. The van der Waals surface area contributed by atoms with E-state index in [4.69, 9.17) is 12.2 Å². The van der Waals surface area contributed by atoms with E-state index in [0.717, 1.165) is 17.4 Å². The van der Waals surface area contributed by atoms with Crippen molar-refractivity contribution in [3.8, 4) is 0 Å². The van der Waals surface area contributed by atoms with Gasteiger partial charge in [-0.1, -0.05) is 18.6 Å². The van der Waals surface area contributed by atoms with Crippen molar-refractivity contribution in [2.24, 2.45) is 0 Å². The van der Waals surface area contributed by atoms with Gasteiger partial charge in [0, 0.05) is 13.1 Å². The molecular formula is C11H22N2S2. The van der Waals surface area contributed by atoms with E-state index in [9.17, 15) is 0 Å². The molecule has 2 saturated heterocycles. The van der Waals surface area contributed by atoms with Gasteiger partial charge in [-0.25, -0.2) is 0 Å². The van der Waals surface area contributed by atoms with Gasteiger partial charge in [0.2, 0.25) is 0 Å². The van der Waals surface area contributed by atoms with Crippen molar-refractivity contribution in [2.45, 2.75) is 38.5 Å². The van der Waals surface area contributed by atoms with Crippen molar-refractivity contribution in [1.82, 2.24) is 10.2 Å². The van der Waals surface area contributed by atoms with Gasteiger partial charge in [-0.15, -0.1) is 12.6 Å². The molecule has 0 spiro atoms. The first kappa shape index (κ1) is 13.3. The smallest absolute Gasteiger partial charge is 0.133 e. The largest absolute Gasteiger partial charge is 0.358 e. The Morgan fingerprint density at radius 1 is 0.933 bits per heavy atom. The van der Waals surface area contributed by atoms with Gasteiger partial charge < -0.3 is 10.2 Å². The third kappa shape index (κ3) is 6.38. The van der Waals surface area contributed by atoms with Crippen LogP contribution in [0.2, 0.25) is 0 Å². The highest BCUT2D eigenvalue weighted by atomic mass is 32.1. The number of piperidine rings is 2. The molecule has 2 heterocycles. The zero-order valence-corrected chi connectivity index (χ0v) is 11.1. The molecule has 0 aromatic rings. The minimum Gasteiger partial charge on any atom is -0.358 e. The minimum atomic E-state index is 0.759. The van der Waals surface area contributed by atoms with Crippen molar-refractivity contribution >= 4 is 29.2 Å². The number of thiocarbonyl (C=S) groups is 1. The zero-order valence-electron chi connectivity index (χ0n) is 9.37. The highest BCUT2D eigenvalue weighted by Crippen LogP contribution is 2.10. The number of nitrogens with one attached hydrogen (secondary N) is 1. The molecule has 0 unspecified atom stereocenters. The van der Waals surface area contributed by atoms with Gasteiger partial charge in [0.1, 0.15) is 4.32 Å². The van der Waals surface area contributed by atoms with Crippen LogP contribution < -0.4 is 5.32 Å². The number of rotatable bonds is 0. The van der Waals surface area contributed by atoms with E-state index >= 15 is 0 Å². The molecule has 2 nitrogen and oxygen atoms in total. The average molecular weight is 246 g/mol. The fraction of sp³-hybridized carbons (Fsp3) is 0.909. The van der Waals surface area contributed by atoms with E-state index in [1.54, 1.807) is 0 Å². The number of thiol groups is 1. The molecule has 0 radical (unpaired) electrons. The zero-order chi connectivity index (χ0) is 10.9. The SMILES string of the molecule is C1CCNCC1.S=C(S)N1CCCCC1. The summed E-state index contributed by atoms with van der Waals surface area (Å²) >= 11 is 9.00. The Morgan fingerprint density at radius 3 is 1.73 bits per heavy atom. The lowest BCUT2D eigenvalue weighted by atomic mass is 10.1. The van der Waals surface area contributed by atoms with Gasteiger partial charge in [0.05, 0.1) is 0 Å². The molecule has 88 valence electrons. The summed E-state index contributed by atoms with van der Waals surface area (Å²) < 4.78 is 0.759. The predicted octanol–water partition coefficient (Wildman–Crippen LogP) is 2.45. The van der Waals surface area contributed by atoms with Gasteiger partial charge in [-0.2, -0.15) is 0 Å². The van der Waals surface area contributed by atoms with Crippen molar-refractivity contribution in [3.05, 3.63) is 0 Å². The second-order valence-electron chi connectivity index (χ2n) is 4.14. The van der Waals surface area contributed by atoms with Gasteiger partial charge >= 0.3 is 0 Å². The van der Waals surface area contributed by atoms with E-state index in [2.05, 4.69) is 22.8 Å². The molecule has 0 atom stereocenters. The highest BCUT2D eigenvalue weighted by Gasteiger charge is 2.09. The van der Waals surface area contributed by atoms with Crippen LogP contribution in [0.3, 0.4) is 0 Å². The van der Waals surface area contributed by atoms with Crippen LogP contribution in [0.15, 0.2) is 0 Å². The van der Waals surface area contributed by atoms with Gasteiger partial charge in [-0.3, -0.25) is 0 Å². The van der Waals surface area contributed by atoms with Crippen LogP contribution in [0, 0.1) is 0 Å². The third-order valence-corrected chi connectivity index (χ3v) is 3.37. The summed E-state index contributed by atoms with van der Waals surface area (Å²) in [7, 11) is 0. The maximum Gasteiger partial charge on any atom is 0.133 e. The Morgan fingerprint density at radius 2 is 1.47 bits per heavy atom. The summed E-state index contributed by atoms with van der Waals surface area (Å²) in [5.41, 5.74) is 0. The van der Waals surface area contributed by atoms with Crippen LogP contribution in [0.25, 0.3) is 0 Å². The molecule has 0 saturated carbocycles. The maximum atomic E-state index is 4.91. The Labute approximate surface area is 104 Å². The molecule has 0 bridgehead atoms. The van der Waals surface area contributed by atoms with Crippen molar-refractivity contribution in [1.29, 1.82) is 0 Å². The Bertz CT molecular complexity index is 164. The van der Waals surface area contributed by atoms with E-state index in [-0.39, 0.29) is 0 Å². The Kier molecular flexibility index (Phi) is 7.40. The fourth-order valence-electron chi connectivity index (χ4n) is 1.89. The summed E-state index contributed by atoms with van der Waals surface area (Å²) in [6.45, 7) is 4.73. The lowest BCUT2D eigenvalue weighted by Crippen LogP contribution is -2.31. The van der Waals surface area contributed by atoms with Crippen LogP contribution in [0.1, 0.15) is 38.5 Å². The summed E-state index contributed by atoms with van der Waals surface area (Å²) in [4.78, 5) is 2.15. The normalized spacial score (nSPS) is 21.5. The third-order valence-electron chi connectivity index (χ3n) is 2.83. The van der Waals surface area contributed by atoms with E-state index < -0.39 is 0 Å². The lowest BCUT2D eigenvalue weighted by Gasteiger charge is -2.26. The molecular weight excluding hydrogens is 224 g/mol. The second kappa shape index (κ2) is 8.36. The first-order valence-corrected chi connectivity index (χ1v) is 6.85. The number of hydrogen-bond donors (Lipinski definition) is 2. The standard InChI is InChI=1S/C6H11NS2.C5H11N/c8-6(9)7-4-2-1-3-5-7;1-2-4-6-5-3-1/h1-5H2,(H,8,9);6H,1-5H2. The molecule has 2 fully saturated rings. The summed E-state index contributed by atoms with van der Waals surface area (Å²) in [5, 5.41) is 3.28. The quantitative estimate of drug-likeness (QED) is 0.504. The summed E-state index contributed by atoms with van der Waals surface area (Å²) in [6.07, 6.45) is 8.13. The maximum absolute atomic E-state index is 4.91. The monoisotopic (exact) mass is 246 g/mol. The highest BCUT2D eigenvalue weighted by molar-refractivity contribution is 8.10. The van der Waals surface area contributed by atoms with Crippen molar-refractivity contribution in [3.63, 3.8) is 0 Å². The number of nitrogens with zero attached hydrogens (tertiary/aromatic N) is 1. The topological polar surface area (TPSA) is 15.3 Å². The molecule has 2 aliphatic rings. The van der Waals surface area contributed by atoms with E-state index in [1.165, 1.54) is 51.6 Å². The molecule has 0 amide bonds. The van der Waals surface area contributed by atoms with E-state index in [1.807, 2.05) is 0 Å². The first-order valence-electron chi connectivity index (χ1n) is 5.99. The Balaban J connectivity index is 0.000000162. The second-order valence-corrected chi connectivity index (χ2v) is 5.25. The van der Waals surface area contributed by atoms with Crippen molar-refractivity contribution in [2.75, 3.05) is 26.2 Å². The van der Waals surface area contributed by atoms with Gasteiger partial charge in [0.25, 0.3) is 0 Å². The molecule has 2 aliphatic heterocycles. The number of hydrogen-bond acceptors (Lipinski definition) is 2. The van der Waals surface area contributed by atoms with Crippen LogP contribution in [0.4, 0.5) is 0 Å². The molecule has 0 aromatic carbocycles. The molecule has 1 N–H and O–H groups in total. The minimum absolute atomic E-state index is 0.759. The molecule has 15 heavy (non-hydrogen) atoms. The predicted molar refractivity (Wildman–Crippen MR) is 73.7 cm³/mol. The lowest BCUT2D eigenvalue weighted by molar-refractivity contribution is 0.352. The average Bonchev–Trinajstić information content (AvgIpc) is 2.33. The molecule has 0 aromatic heterocycles. The van der Waals surface area contributed by atoms with Gasteiger partial charge in [0.15, 0.2) is 0 Å². The van der Waals surface area contributed by atoms with Crippen LogP contribution in [-0.4, -0.2) is 35.4 Å². The molecule has 4 heteroatoms. The van der Waals surface area contributed by atoms with Crippen molar-refractivity contribution < 1.29 is 0 Å². The first-order chi connectivity index (χ1) is 7.30.